The third-order valence-electron chi connectivity index (χ3n) is 0.813. The van der Waals surface area contributed by atoms with E-state index in [1.807, 2.05) is 0 Å². The summed E-state index contributed by atoms with van der Waals surface area (Å²) in [5.74, 6) is -0.750. The Bertz CT molecular complexity index is 234. The summed E-state index contributed by atoms with van der Waals surface area (Å²) in [5, 5.41) is 20.0. The molecule has 0 fully saturated rings. The van der Waals surface area contributed by atoms with Crippen LogP contribution in [0.2, 0.25) is 0 Å². The molecule has 7 heteroatoms. The minimum absolute atomic E-state index is 0. The summed E-state index contributed by atoms with van der Waals surface area (Å²) >= 11 is 0. The van der Waals surface area contributed by atoms with Crippen molar-refractivity contribution >= 4 is 11.6 Å². The van der Waals surface area contributed by atoms with Gasteiger partial charge >= 0.3 is 19.5 Å². The Kier molecular flexibility index (Phi) is 30.4. The summed E-state index contributed by atoms with van der Waals surface area (Å²) < 4.78 is 0. The van der Waals surface area contributed by atoms with E-state index < -0.39 is 0 Å². The maximum atomic E-state index is 9.98. The molecule has 0 amide bonds. The van der Waals surface area contributed by atoms with Crippen LogP contribution in [-0.4, -0.2) is 11.6 Å². The van der Waals surface area contributed by atoms with Crippen LogP contribution in [0.25, 0.3) is 0 Å². The molecule has 0 aliphatic heterocycles. The molecule has 17 heavy (non-hydrogen) atoms. The Morgan fingerprint density at radius 3 is 0.941 bits per heavy atom. The fourth-order valence-corrected chi connectivity index (χ4v) is 0.572. The zero-order valence-corrected chi connectivity index (χ0v) is 13.6. The normalized spacial score (nSPS) is 9.41. The van der Waals surface area contributed by atoms with Crippen molar-refractivity contribution < 1.29 is 50.2 Å². The maximum absolute atomic E-state index is 9.98. The molecule has 0 bridgehead atoms. The predicted molar refractivity (Wildman–Crippen MR) is 58.6 cm³/mol. The van der Waals surface area contributed by atoms with E-state index in [1.165, 1.54) is 27.7 Å². The topological polar surface area (TPSA) is 146 Å². The van der Waals surface area contributed by atoms with Gasteiger partial charge in [-0.25, -0.2) is 0 Å². The van der Waals surface area contributed by atoms with Gasteiger partial charge < -0.3 is 21.2 Å². The zero-order valence-electron chi connectivity index (χ0n) is 10.6. The number of hydrogen-bond donors (Lipinski definition) is 0. The van der Waals surface area contributed by atoms with Crippen LogP contribution in [0.4, 0.5) is 0 Å². The molecule has 0 radical (unpaired) electrons. The van der Waals surface area contributed by atoms with Crippen LogP contribution in [0.1, 0.15) is 27.7 Å². The predicted octanol–water partition coefficient (Wildman–Crippen LogP) is -2.17. The minimum Gasteiger partial charge on any atom is -0.876 e. The van der Waals surface area contributed by atoms with Crippen LogP contribution in [0.5, 0.6) is 0 Å². The summed E-state index contributed by atoms with van der Waals surface area (Å²) in [6, 6.07) is 0. The molecule has 0 heterocycles. The quantitative estimate of drug-likeness (QED) is 0.247. The maximum Gasteiger partial charge on any atom is 2.00 e. The molecule has 0 spiro atoms. The molecule has 6 N–H and O–H groups in total. The van der Waals surface area contributed by atoms with Gasteiger partial charge in [-0.3, -0.25) is 9.59 Å². The van der Waals surface area contributed by atoms with E-state index in [4.69, 9.17) is 0 Å². The van der Waals surface area contributed by atoms with Gasteiger partial charge in [0.05, 0.1) is 0 Å². The number of allylic oxidation sites excluding steroid dienone is 4. The van der Waals surface area contributed by atoms with E-state index in [1.54, 1.807) is 0 Å². The van der Waals surface area contributed by atoms with Crippen LogP contribution >= 0.6 is 0 Å². The van der Waals surface area contributed by atoms with Crippen molar-refractivity contribution in [3.8, 4) is 0 Å². The minimum atomic E-state index is -0.187. The second-order valence-corrected chi connectivity index (χ2v) is 2.73. The second kappa shape index (κ2) is 17.4. The van der Waals surface area contributed by atoms with Crippen LogP contribution in [0, 0.1) is 0 Å². The average molecular weight is 302 g/mol. The number of hydrogen-bond acceptors (Lipinski definition) is 4. The van der Waals surface area contributed by atoms with Crippen molar-refractivity contribution in [2.24, 2.45) is 0 Å². The fraction of sp³-hybridized carbons (Fsp3) is 0.400. The van der Waals surface area contributed by atoms with Crippen molar-refractivity contribution in [2.75, 3.05) is 0 Å². The standard InChI is InChI=1S/2C5H8O2.2H2O.Zn/c2*1-4(6)3-5(2)7;;;/h2*3,6H,1-2H3;2*1H2;/q;;;;+2/b2*4-3-;;;. The largest absolute Gasteiger partial charge is 2.00 e. The summed E-state index contributed by atoms with van der Waals surface area (Å²) in [6.45, 7) is 5.39. The molecular weight excluding hydrogens is 281 g/mol. The van der Waals surface area contributed by atoms with Gasteiger partial charge in [-0.1, -0.05) is 13.8 Å². The van der Waals surface area contributed by atoms with Gasteiger partial charge in [0.2, 0.25) is 0 Å². The molecule has 96 valence electrons. The van der Waals surface area contributed by atoms with Crippen LogP contribution in [0.3, 0.4) is 0 Å². The van der Waals surface area contributed by atoms with Crippen molar-refractivity contribution in [2.45, 2.75) is 27.7 Å². The molecule has 0 aromatic rings. The molecule has 0 saturated heterocycles. The third kappa shape index (κ3) is 51.9. The van der Waals surface area contributed by atoms with Gasteiger partial charge in [-0.15, -0.1) is 11.5 Å². The second-order valence-electron chi connectivity index (χ2n) is 2.73. The number of carbonyl (C=O) groups excluding carboxylic acids is 2. The van der Waals surface area contributed by atoms with Crippen molar-refractivity contribution in [1.29, 1.82) is 0 Å². The zero-order chi connectivity index (χ0) is 11.7. The summed E-state index contributed by atoms with van der Waals surface area (Å²) in [6.07, 6.45) is 2.11. The number of ketones is 2. The number of rotatable bonds is 2. The Labute approximate surface area is 113 Å². The first-order valence-electron chi connectivity index (χ1n) is 3.97. The fourth-order valence-electron chi connectivity index (χ4n) is 0.572. The molecule has 0 rings (SSSR count). The van der Waals surface area contributed by atoms with Crippen molar-refractivity contribution in [1.82, 2.24) is 0 Å². The van der Waals surface area contributed by atoms with Crippen molar-refractivity contribution in [3.63, 3.8) is 0 Å². The Balaban J connectivity index is -0.0000000480. The van der Waals surface area contributed by atoms with Gasteiger partial charge in [-0.2, -0.15) is 0 Å². The Morgan fingerprint density at radius 2 is 0.941 bits per heavy atom. The third-order valence-corrected chi connectivity index (χ3v) is 0.813. The first kappa shape index (κ1) is 29.7. The van der Waals surface area contributed by atoms with Crippen LogP contribution < -0.4 is 10.2 Å². The van der Waals surface area contributed by atoms with E-state index in [0.29, 0.717) is 0 Å². The van der Waals surface area contributed by atoms with Crippen molar-refractivity contribution in [3.05, 3.63) is 23.7 Å². The van der Waals surface area contributed by atoms with Gasteiger partial charge in [0, 0.05) is 0 Å². The summed E-state index contributed by atoms with van der Waals surface area (Å²) in [5.41, 5.74) is 0. The van der Waals surface area contributed by atoms with E-state index in [9.17, 15) is 19.8 Å². The molecular formula is C10H20O6Zn+2. The average Bonchev–Trinajstić information content (AvgIpc) is 1.79. The summed E-state index contributed by atoms with van der Waals surface area (Å²) in [7, 11) is 0. The summed E-state index contributed by atoms with van der Waals surface area (Å²) in [4.78, 5) is 20.0. The molecule has 0 unspecified atom stereocenters. The molecule has 6 nitrogen and oxygen atoms in total. The molecule has 0 aromatic heterocycles. The van der Waals surface area contributed by atoms with E-state index >= 15 is 0 Å². The molecule has 0 aliphatic rings. The monoisotopic (exact) mass is 300 g/mol. The first-order valence-corrected chi connectivity index (χ1v) is 3.97. The van der Waals surface area contributed by atoms with Gasteiger partial charge in [0.1, 0.15) is 0 Å². The number of carbonyl (C=O) groups is 2. The Hall–Kier alpha value is -1.04. The van der Waals surface area contributed by atoms with Crippen LogP contribution in [-0.2, 0) is 40.0 Å². The Morgan fingerprint density at radius 1 is 0.765 bits per heavy atom. The van der Waals surface area contributed by atoms with E-state index in [-0.39, 0.29) is 53.5 Å². The smallest absolute Gasteiger partial charge is 0.876 e. The van der Waals surface area contributed by atoms with Gasteiger partial charge in [0.15, 0.2) is 11.6 Å². The first-order chi connectivity index (χ1) is 6.25. The van der Waals surface area contributed by atoms with E-state index in [2.05, 4.69) is 0 Å². The van der Waals surface area contributed by atoms with Gasteiger partial charge in [0.25, 0.3) is 0 Å². The molecule has 0 aliphatic carbocycles. The molecule has 0 saturated carbocycles. The van der Waals surface area contributed by atoms with E-state index in [0.717, 1.165) is 12.2 Å². The van der Waals surface area contributed by atoms with Crippen LogP contribution in [0.15, 0.2) is 23.7 Å². The molecule has 0 aromatic carbocycles. The molecule has 0 atom stereocenters. The van der Waals surface area contributed by atoms with Gasteiger partial charge in [-0.05, 0) is 26.0 Å². The SMILES string of the molecule is CC(=O)/C=C(/C)[O-].CC(=O)/C=C(/C)[O-].[OH3+].[OH3+].[Zn+2].